The van der Waals surface area contributed by atoms with Crippen LogP contribution in [0, 0.1) is 0 Å². The van der Waals surface area contributed by atoms with E-state index in [2.05, 4.69) is 23.4 Å². The summed E-state index contributed by atoms with van der Waals surface area (Å²) in [7, 11) is 0. The van der Waals surface area contributed by atoms with Crippen molar-refractivity contribution in [1.29, 1.82) is 0 Å². The smallest absolute Gasteiger partial charge is 0.340 e. The Morgan fingerprint density at radius 2 is 1.56 bits per heavy atom. The summed E-state index contributed by atoms with van der Waals surface area (Å²) in [5, 5.41) is 0. The van der Waals surface area contributed by atoms with Crippen LogP contribution in [0.25, 0.3) is 5.76 Å². The summed E-state index contributed by atoms with van der Waals surface area (Å²) in [6.07, 6.45) is 2.05. The van der Waals surface area contributed by atoms with Crippen LogP contribution in [0.1, 0.15) is 44.9 Å². The first-order chi connectivity index (χ1) is 11.9. The minimum atomic E-state index is -0.511. The third kappa shape index (κ3) is 4.11. The van der Waals surface area contributed by atoms with Crippen molar-refractivity contribution in [3.63, 3.8) is 0 Å². The lowest BCUT2D eigenvalue weighted by Crippen LogP contribution is -2.23. The van der Waals surface area contributed by atoms with Crippen LogP contribution in [0.2, 0.25) is 0 Å². The summed E-state index contributed by atoms with van der Waals surface area (Å²) in [6.45, 7) is 7.77. The van der Waals surface area contributed by atoms with Crippen molar-refractivity contribution in [2.24, 2.45) is 0 Å². The molecule has 0 saturated carbocycles. The summed E-state index contributed by atoms with van der Waals surface area (Å²) in [6, 6.07) is 20.3. The fourth-order valence-electron chi connectivity index (χ4n) is 3.04. The first-order valence-corrected chi connectivity index (χ1v) is 8.64. The van der Waals surface area contributed by atoms with Gasteiger partial charge in [0.15, 0.2) is 0 Å². The molecule has 0 aromatic heterocycles. The second-order valence-corrected chi connectivity index (χ2v) is 7.32. The van der Waals surface area contributed by atoms with Crippen LogP contribution < -0.4 is 0 Å². The monoisotopic (exact) mass is 337 g/mol. The molecular weight excluding hydrogens is 312 g/mol. The standard InChI is InChI=1S/C22H25O3/c1-16-21(18-13-9-6-10-14-18)25(16)19(17-11-7-5-8-12-17)15-20(23)24-22(2,3)4/h5-16,21H,1-4H3/q+1/t16-,21-/m0/s1. The van der Waals surface area contributed by atoms with Gasteiger partial charge in [0, 0.05) is 6.92 Å². The molecular formula is C22H25O3+. The highest BCUT2D eigenvalue weighted by atomic mass is 16.8. The van der Waals surface area contributed by atoms with Crippen LogP contribution in [0.3, 0.4) is 0 Å². The van der Waals surface area contributed by atoms with E-state index in [4.69, 9.17) is 4.74 Å². The van der Waals surface area contributed by atoms with Crippen molar-refractivity contribution in [2.45, 2.75) is 45.5 Å². The Labute approximate surface area is 149 Å². The number of carbonyl (C=O) groups excluding carboxylic acids is 1. The SMILES string of the molecule is C[C@H]1[C@@H](c2ccccc2)[O+]1C(=CC(=O)OC(C)(C)C)c1ccccc1. The summed E-state index contributed by atoms with van der Waals surface area (Å²) in [5.41, 5.74) is 1.71. The molecule has 2 atom stereocenters. The van der Waals surface area contributed by atoms with Gasteiger partial charge in [-0.3, -0.25) is 0 Å². The average Bonchev–Trinajstić information content (AvgIpc) is 3.23. The minimum absolute atomic E-state index is 0.204. The van der Waals surface area contributed by atoms with Crippen molar-refractivity contribution in [2.75, 3.05) is 0 Å². The van der Waals surface area contributed by atoms with Crippen molar-refractivity contribution >= 4 is 11.7 Å². The van der Waals surface area contributed by atoms with E-state index in [9.17, 15) is 4.79 Å². The van der Waals surface area contributed by atoms with Crippen LogP contribution in [0.15, 0.2) is 66.7 Å². The third-order valence-corrected chi connectivity index (χ3v) is 4.12. The quantitative estimate of drug-likeness (QED) is 0.256. The Morgan fingerprint density at radius 3 is 2.12 bits per heavy atom. The van der Waals surface area contributed by atoms with E-state index in [1.807, 2.05) is 69.3 Å². The van der Waals surface area contributed by atoms with E-state index < -0.39 is 5.60 Å². The van der Waals surface area contributed by atoms with Crippen LogP contribution in [-0.2, 0) is 13.9 Å². The number of hydrogen-bond donors (Lipinski definition) is 0. The molecule has 130 valence electrons. The molecule has 1 saturated heterocycles. The van der Waals surface area contributed by atoms with E-state index in [0.29, 0.717) is 0 Å². The van der Waals surface area contributed by atoms with Gasteiger partial charge in [-0.2, -0.15) is 0 Å². The summed E-state index contributed by atoms with van der Waals surface area (Å²) in [4.78, 5) is 12.4. The van der Waals surface area contributed by atoms with Crippen LogP contribution in [0.5, 0.6) is 0 Å². The number of benzene rings is 2. The maximum absolute atomic E-state index is 12.4. The molecule has 0 spiro atoms. The van der Waals surface area contributed by atoms with E-state index in [0.717, 1.165) is 11.3 Å². The molecule has 0 radical (unpaired) electrons. The number of esters is 1. The van der Waals surface area contributed by atoms with Crippen LogP contribution in [0.4, 0.5) is 0 Å². The second-order valence-electron chi connectivity index (χ2n) is 7.32. The highest BCUT2D eigenvalue weighted by molar-refractivity contribution is 5.90. The van der Waals surface area contributed by atoms with Crippen LogP contribution >= 0.6 is 0 Å². The maximum atomic E-state index is 12.4. The summed E-state index contributed by atoms with van der Waals surface area (Å²) >= 11 is 0. The van der Waals surface area contributed by atoms with Crippen molar-refractivity contribution in [3.8, 4) is 0 Å². The Morgan fingerprint density at radius 1 is 1.00 bits per heavy atom. The van der Waals surface area contributed by atoms with Gasteiger partial charge >= 0.3 is 5.97 Å². The maximum Gasteiger partial charge on any atom is 0.340 e. The molecule has 1 heterocycles. The Hall–Kier alpha value is -2.55. The molecule has 0 unspecified atom stereocenters. The number of carbonyl (C=O) groups is 1. The van der Waals surface area contributed by atoms with Gasteiger partial charge in [-0.1, -0.05) is 36.4 Å². The van der Waals surface area contributed by atoms with E-state index >= 15 is 0 Å². The predicted octanol–water partition coefficient (Wildman–Crippen LogP) is 5.06. The lowest BCUT2D eigenvalue weighted by molar-refractivity contribution is -0.148. The number of rotatable bonds is 4. The van der Waals surface area contributed by atoms with E-state index in [1.165, 1.54) is 5.56 Å². The van der Waals surface area contributed by atoms with E-state index in [1.54, 1.807) is 6.08 Å². The molecule has 25 heavy (non-hydrogen) atoms. The van der Waals surface area contributed by atoms with Gasteiger partial charge < -0.3 is 9.10 Å². The molecule has 0 bridgehead atoms. The molecule has 2 aromatic carbocycles. The lowest BCUT2D eigenvalue weighted by Gasteiger charge is -2.18. The van der Waals surface area contributed by atoms with Crippen molar-refractivity contribution in [1.82, 2.24) is 0 Å². The second kappa shape index (κ2) is 6.75. The Kier molecular flexibility index (Phi) is 4.67. The lowest BCUT2D eigenvalue weighted by atomic mass is 10.1. The molecule has 1 aliphatic rings. The number of hydrogen-bond acceptors (Lipinski definition) is 2. The zero-order chi connectivity index (χ0) is 18.0. The number of epoxide rings is 1. The van der Waals surface area contributed by atoms with Gasteiger partial charge in [0.25, 0.3) is 18.0 Å². The normalized spacial score (nSPS) is 20.3. The topological polar surface area (TPSA) is 29.0 Å². The van der Waals surface area contributed by atoms with Gasteiger partial charge in [0.2, 0.25) is 0 Å². The largest absolute Gasteiger partial charge is 0.551 e. The van der Waals surface area contributed by atoms with Crippen LogP contribution in [-0.4, -0.2) is 17.7 Å². The van der Waals surface area contributed by atoms with Gasteiger partial charge in [0.05, 0.1) is 11.1 Å². The zero-order valence-electron chi connectivity index (χ0n) is 15.2. The first kappa shape index (κ1) is 17.3. The fraction of sp³-hybridized carbons (Fsp3) is 0.318. The van der Waals surface area contributed by atoms with Gasteiger partial charge in [-0.05, 0) is 45.0 Å². The minimum Gasteiger partial charge on any atom is -0.551 e. The zero-order valence-corrected chi connectivity index (χ0v) is 15.2. The summed E-state index contributed by atoms with van der Waals surface area (Å²) < 4.78 is 8.72. The molecule has 1 aliphatic heterocycles. The number of ether oxygens (including phenoxy) is 1. The average molecular weight is 337 g/mol. The summed E-state index contributed by atoms with van der Waals surface area (Å²) in [5.74, 6) is 0.501. The molecule has 0 aliphatic carbocycles. The highest BCUT2D eigenvalue weighted by Crippen LogP contribution is 2.54. The van der Waals surface area contributed by atoms with Gasteiger partial charge in [-0.25, -0.2) is 4.79 Å². The molecule has 0 amide bonds. The Balaban J connectivity index is 1.92. The molecule has 3 nitrogen and oxygen atoms in total. The third-order valence-electron chi connectivity index (χ3n) is 4.12. The van der Waals surface area contributed by atoms with Gasteiger partial charge in [-0.15, -0.1) is 0 Å². The fourth-order valence-corrected chi connectivity index (χ4v) is 3.04. The molecule has 0 N–H and O–H groups in total. The highest BCUT2D eigenvalue weighted by Gasteiger charge is 2.57. The Bertz CT molecular complexity index is 757. The predicted molar refractivity (Wildman–Crippen MR) is 100.0 cm³/mol. The molecule has 3 rings (SSSR count). The van der Waals surface area contributed by atoms with E-state index in [-0.39, 0.29) is 18.2 Å². The first-order valence-electron chi connectivity index (χ1n) is 8.64. The van der Waals surface area contributed by atoms with Crippen molar-refractivity contribution < 1.29 is 13.9 Å². The molecule has 3 heteroatoms. The molecule has 2 aromatic rings. The van der Waals surface area contributed by atoms with Crippen molar-refractivity contribution in [3.05, 3.63) is 77.9 Å². The molecule has 1 fully saturated rings. The van der Waals surface area contributed by atoms with Gasteiger partial charge in [0.1, 0.15) is 11.7 Å².